The molecule has 1 N–H and O–H groups in total. The maximum absolute atomic E-state index is 13.6. The van der Waals surface area contributed by atoms with Gasteiger partial charge in [-0.15, -0.1) is 0 Å². The van der Waals surface area contributed by atoms with Gasteiger partial charge in [0, 0.05) is 24.8 Å². The van der Waals surface area contributed by atoms with Gasteiger partial charge in [-0.05, 0) is 54.7 Å². The minimum Gasteiger partial charge on any atom is -0.496 e. The lowest BCUT2D eigenvalue weighted by molar-refractivity contribution is -0.0835. The van der Waals surface area contributed by atoms with E-state index in [1.54, 1.807) is 20.3 Å². The van der Waals surface area contributed by atoms with Crippen molar-refractivity contribution in [1.29, 1.82) is 0 Å². The molecule has 0 amide bonds. The molecule has 1 aromatic rings. The summed E-state index contributed by atoms with van der Waals surface area (Å²) in [4.78, 5) is 0. The number of hydrogen-bond acceptors (Lipinski definition) is 3. The molecule has 3 nitrogen and oxygen atoms in total. The molecule has 1 unspecified atom stereocenters. The van der Waals surface area contributed by atoms with Crippen LogP contribution in [0.4, 0.5) is 4.39 Å². The summed E-state index contributed by atoms with van der Waals surface area (Å²) in [7, 11) is 5.24. The molecule has 0 aromatic heterocycles. The average Bonchev–Trinajstić information content (AvgIpc) is 2.41. The molecule has 0 spiro atoms. The Labute approximate surface area is 128 Å². The average molecular weight is 346 g/mol. The molecule has 0 heterocycles. The van der Waals surface area contributed by atoms with Crippen molar-refractivity contribution in [2.24, 2.45) is 0 Å². The van der Waals surface area contributed by atoms with E-state index in [-0.39, 0.29) is 17.5 Å². The summed E-state index contributed by atoms with van der Waals surface area (Å²) in [6.07, 6.45) is 4.21. The van der Waals surface area contributed by atoms with Gasteiger partial charge in [0.2, 0.25) is 0 Å². The largest absolute Gasteiger partial charge is 0.496 e. The number of methoxy groups -OCH3 is 2. The molecule has 0 aliphatic heterocycles. The van der Waals surface area contributed by atoms with Crippen LogP contribution < -0.4 is 10.1 Å². The highest BCUT2D eigenvalue weighted by atomic mass is 79.9. The van der Waals surface area contributed by atoms with Crippen LogP contribution in [0.5, 0.6) is 5.75 Å². The fraction of sp³-hybridized carbons (Fsp3) is 0.600. The maximum Gasteiger partial charge on any atom is 0.141 e. The van der Waals surface area contributed by atoms with Gasteiger partial charge >= 0.3 is 0 Å². The second-order valence-electron chi connectivity index (χ2n) is 5.29. The monoisotopic (exact) mass is 345 g/mol. The molecule has 1 aliphatic rings. The van der Waals surface area contributed by atoms with Crippen LogP contribution in [0.1, 0.15) is 37.3 Å². The maximum atomic E-state index is 13.6. The number of hydrogen-bond donors (Lipinski definition) is 1. The van der Waals surface area contributed by atoms with E-state index in [0.29, 0.717) is 10.2 Å². The van der Waals surface area contributed by atoms with E-state index >= 15 is 0 Å². The Balaban J connectivity index is 2.29. The zero-order chi connectivity index (χ0) is 14.8. The van der Waals surface area contributed by atoms with Gasteiger partial charge in [-0.2, -0.15) is 0 Å². The van der Waals surface area contributed by atoms with E-state index in [9.17, 15) is 4.39 Å². The zero-order valence-electron chi connectivity index (χ0n) is 12.1. The molecule has 1 aromatic carbocycles. The first-order valence-electron chi connectivity index (χ1n) is 6.80. The smallest absolute Gasteiger partial charge is 0.141 e. The first kappa shape index (κ1) is 15.7. The molecule has 112 valence electrons. The van der Waals surface area contributed by atoms with Crippen LogP contribution in [-0.4, -0.2) is 26.9 Å². The van der Waals surface area contributed by atoms with Gasteiger partial charge in [0.25, 0.3) is 0 Å². The van der Waals surface area contributed by atoms with Gasteiger partial charge in [0.15, 0.2) is 0 Å². The standard InChI is InChI=1S/C15H21BrFNO2/c1-18-13(9-15(20-3)5-4-6-15)10-7-11(16)12(17)8-14(10)19-2/h7-8,13,18H,4-6,9H2,1-3H3. The Hall–Kier alpha value is -0.650. The van der Waals surface area contributed by atoms with Crippen molar-refractivity contribution >= 4 is 15.9 Å². The fourth-order valence-corrected chi connectivity index (χ4v) is 3.16. The summed E-state index contributed by atoms with van der Waals surface area (Å²) in [5.74, 6) is 0.251. The third-order valence-corrected chi connectivity index (χ3v) is 4.88. The Morgan fingerprint density at radius 1 is 1.40 bits per heavy atom. The first-order chi connectivity index (χ1) is 9.55. The van der Waals surface area contributed by atoms with E-state index in [1.165, 1.54) is 12.5 Å². The molecule has 0 saturated heterocycles. The SMILES string of the molecule is CNC(CC1(OC)CCC1)c1cc(Br)c(F)cc1OC. The summed E-state index contributed by atoms with van der Waals surface area (Å²) < 4.78 is 25.1. The van der Waals surface area contributed by atoms with Gasteiger partial charge in [-0.1, -0.05) is 0 Å². The van der Waals surface area contributed by atoms with Crippen LogP contribution in [0.2, 0.25) is 0 Å². The lowest BCUT2D eigenvalue weighted by Crippen LogP contribution is -2.42. The lowest BCUT2D eigenvalue weighted by atomic mass is 9.74. The molecule has 0 radical (unpaired) electrons. The second-order valence-corrected chi connectivity index (χ2v) is 6.15. The highest BCUT2D eigenvalue weighted by Crippen LogP contribution is 2.43. The summed E-state index contributed by atoms with van der Waals surface area (Å²) in [5.41, 5.74) is 0.895. The van der Waals surface area contributed by atoms with Gasteiger partial charge in [0.1, 0.15) is 11.6 Å². The highest BCUT2D eigenvalue weighted by Gasteiger charge is 2.39. The highest BCUT2D eigenvalue weighted by molar-refractivity contribution is 9.10. The predicted octanol–water partition coefficient (Wildman–Crippen LogP) is 3.82. The third kappa shape index (κ3) is 3.00. The summed E-state index contributed by atoms with van der Waals surface area (Å²) in [6.45, 7) is 0. The number of rotatable bonds is 6. The molecule has 5 heteroatoms. The molecular formula is C15H21BrFNO2. The van der Waals surface area contributed by atoms with Crippen LogP contribution >= 0.6 is 15.9 Å². The zero-order valence-corrected chi connectivity index (χ0v) is 13.7. The number of benzene rings is 1. The van der Waals surface area contributed by atoms with Gasteiger partial charge in [-0.25, -0.2) is 4.39 Å². The molecule has 0 bridgehead atoms. The second kappa shape index (κ2) is 6.41. The van der Waals surface area contributed by atoms with Crippen molar-refractivity contribution in [1.82, 2.24) is 5.32 Å². The first-order valence-corrected chi connectivity index (χ1v) is 7.60. The number of halogens is 2. The van der Waals surface area contributed by atoms with E-state index in [0.717, 1.165) is 24.8 Å². The molecule has 1 aliphatic carbocycles. The van der Waals surface area contributed by atoms with Crippen molar-refractivity contribution in [2.75, 3.05) is 21.3 Å². The Kier molecular flexibility index (Phi) is 5.04. The Bertz CT molecular complexity index is 472. The molecule has 1 fully saturated rings. The van der Waals surface area contributed by atoms with Crippen LogP contribution in [0.25, 0.3) is 0 Å². The fourth-order valence-electron chi connectivity index (χ4n) is 2.80. The van der Waals surface area contributed by atoms with Crippen LogP contribution in [0.3, 0.4) is 0 Å². The molecule has 1 atom stereocenters. The van der Waals surface area contributed by atoms with Crippen molar-refractivity contribution in [3.63, 3.8) is 0 Å². The van der Waals surface area contributed by atoms with E-state index in [4.69, 9.17) is 9.47 Å². The van der Waals surface area contributed by atoms with Crippen molar-refractivity contribution in [2.45, 2.75) is 37.3 Å². The molecule has 20 heavy (non-hydrogen) atoms. The van der Waals surface area contributed by atoms with Gasteiger partial charge in [0.05, 0.1) is 17.2 Å². The van der Waals surface area contributed by atoms with E-state index in [1.807, 2.05) is 7.05 Å². The predicted molar refractivity (Wildman–Crippen MR) is 80.7 cm³/mol. The quantitative estimate of drug-likeness (QED) is 0.850. The summed E-state index contributed by atoms with van der Waals surface area (Å²) in [5, 5.41) is 3.29. The lowest BCUT2D eigenvalue weighted by Gasteiger charge is -2.43. The van der Waals surface area contributed by atoms with Crippen LogP contribution in [0, 0.1) is 5.82 Å². The third-order valence-electron chi connectivity index (χ3n) is 4.27. The van der Waals surface area contributed by atoms with Crippen LogP contribution in [-0.2, 0) is 4.74 Å². The van der Waals surface area contributed by atoms with E-state index in [2.05, 4.69) is 21.2 Å². The molecule has 1 saturated carbocycles. The summed E-state index contributed by atoms with van der Waals surface area (Å²) in [6, 6.07) is 3.28. The number of ether oxygens (including phenoxy) is 2. The minimum atomic E-state index is -0.314. The number of nitrogens with one attached hydrogen (secondary N) is 1. The van der Waals surface area contributed by atoms with Gasteiger partial charge < -0.3 is 14.8 Å². The topological polar surface area (TPSA) is 30.5 Å². The molecule has 2 rings (SSSR count). The summed E-state index contributed by atoms with van der Waals surface area (Å²) >= 11 is 3.25. The molecular weight excluding hydrogens is 325 g/mol. The minimum absolute atomic E-state index is 0.0560. The van der Waals surface area contributed by atoms with Crippen molar-refractivity contribution < 1.29 is 13.9 Å². The normalized spacial score (nSPS) is 18.4. The van der Waals surface area contributed by atoms with Crippen molar-refractivity contribution in [3.05, 3.63) is 28.0 Å². The Morgan fingerprint density at radius 2 is 2.10 bits per heavy atom. The van der Waals surface area contributed by atoms with Crippen molar-refractivity contribution in [3.8, 4) is 5.75 Å². The van der Waals surface area contributed by atoms with E-state index < -0.39 is 0 Å². The Morgan fingerprint density at radius 3 is 2.55 bits per heavy atom. The van der Waals surface area contributed by atoms with Crippen LogP contribution in [0.15, 0.2) is 16.6 Å². The van der Waals surface area contributed by atoms with Gasteiger partial charge in [-0.3, -0.25) is 0 Å².